The number of hydrogen-bond donors (Lipinski definition) is 3. The van der Waals surface area contributed by atoms with Gasteiger partial charge in [-0.3, -0.25) is 9.59 Å². The minimum Gasteiger partial charge on any atom is -0.466 e. The molecule has 0 radical (unpaired) electrons. The molecule has 0 aromatic carbocycles. The van der Waals surface area contributed by atoms with Crippen molar-refractivity contribution in [3.63, 3.8) is 0 Å². The van der Waals surface area contributed by atoms with E-state index in [0.29, 0.717) is 19.4 Å². The van der Waals surface area contributed by atoms with Crippen LogP contribution in [-0.4, -0.2) is 47.4 Å². The first-order chi connectivity index (χ1) is 43.0. The molecule has 0 spiro atoms. The highest BCUT2D eigenvalue weighted by atomic mass is 16.5. The average Bonchev–Trinajstić information content (AvgIpc) is 3.54. The molecule has 0 aromatic heterocycles. The summed E-state index contributed by atoms with van der Waals surface area (Å²) >= 11 is 0. The third kappa shape index (κ3) is 73.3. The lowest BCUT2D eigenvalue weighted by atomic mass is 10.0. The van der Waals surface area contributed by atoms with Crippen LogP contribution in [-0.2, 0) is 14.3 Å². The van der Waals surface area contributed by atoms with Crippen LogP contribution in [0.5, 0.6) is 0 Å². The molecular weight excluding hydrogens is 1070 g/mol. The summed E-state index contributed by atoms with van der Waals surface area (Å²) < 4.78 is 5.50. The Kier molecular flexibility index (Phi) is 75.3. The monoisotopic (exact) mass is 1220 g/mol. The summed E-state index contributed by atoms with van der Waals surface area (Å²) in [6.07, 6.45) is 98.9. The molecule has 0 saturated heterocycles. The van der Waals surface area contributed by atoms with Gasteiger partial charge >= 0.3 is 5.97 Å². The highest BCUT2D eigenvalue weighted by Gasteiger charge is 2.18. The zero-order valence-corrected chi connectivity index (χ0v) is 59.3. The molecule has 2 unspecified atom stereocenters. The summed E-state index contributed by atoms with van der Waals surface area (Å²) in [7, 11) is 0. The maximum absolute atomic E-state index is 12.5. The van der Waals surface area contributed by atoms with Crippen molar-refractivity contribution in [2.75, 3.05) is 13.2 Å². The Labute approximate surface area is 545 Å². The number of nitrogens with one attached hydrogen (secondary N) is 1. The molecule has 0 aliphatic rings. The van der Waals surface area contributed by atoms with E-state index in [1.165, 1.54) is 385 Å². The molecule has 87 heavy (non-hydrogen) atoms. The van der Waals surface area contributed by atoms with E-state index in [4.69, 9.17) is 4.74 Å². The fourth-order valence-electron chi connectivity index (χ4n) is 12.9. The van der Waals surface area contributed by atoms with Gasteiger partial charge < -0.3 is 20.3 Å². The number of carbonyl (C=O) groups is 2. The van der Waals surface area contributed by atoms with Crippen LogP contribution in [0.3, 0.4) is 0 Å². The molecule has 0 heterocycles. The van der Waals surface area contributed by atoms with Crippen LogP contribution in [0.15, 0.2) is 24.3 Å². The van der Waals surface area contributed by atoms with Crippen molar-refractivity contribution in [2.24, 2.45) is 0 Å². The van der Waals surface area contributed by atoms with Crippen molar-refractivity contribution in [3.05, 3.63) is 24.3 Å². The van der Waals surface area contributed by atoms with Gasteiger partial charge in [0.05, 0.1) is 25.4 Å². The Morgan fingerprint density at radius 2 is 0.540 bits per heavy atom. The maximum atomic E-state index is 12.5. The summed E-state index contributed by atoms with van der Waals surface area (Å²) in [6.45, 7) is 4.94. The van der Waals surface area contributed by atoms with Crippen molar-refractivity contribution >= 4 is 11.9 Å². The number of unbranched alkanes of at least 4 members (excludes halogenated alkanes) is 63. The molecule has 0 aliphatic carbocycles. The number of aliphatic hydroxyl groups excluding tert-OH is 2. The second kappa shape index (κ2) is 76.8. The third-order valence-electron chi connectivity index (χ3n) is 19.0. The minimum absolute atomic E-state index is 0.0154. The Morgan fingerprint density at radius 3 is 0.816 bits per heavy atom. The van der Waals surface area contributed by atoms with Gasteiger partial charge in [-0.15, -0.1) is 0 Å². The number of carbonyl (C=O) groups excluding carboxylic acids is 2. The molecule has 1 amide bonds. The fraction of sp³-hybridized carbons (Fsp3) is 0.926. The van der Waals surface area contributed by atoms with Crippen LogP contribution in [0, 0.1) is 0 Å². The number of ether oxygens (including phenoxy) is 1. The summed E-state index contributed by atoms with van der Waals surface area (Å²) in [5, 5.41) is 23.3. The van der Waals surface area contributed by atoms with Crippen molar-refractivity contribution < 1.29 is 24.5 Å². The molecule has 6 heteroatoms. The molecule has 2 atom stereocenters. The van der Waals surface area contributed by atoms with Crippen molar-refractivity contribution in [1.29, 1.82) is 0 Å². The van der Waals surface area contributed by atoms with Gasteiger partial charge in [0.2, 0.25) is 5.91 Å². The van der Waals surface area contributed by atoms with E-state index in [0.717, 1.165) is 44.9 Å². The number of esters is 1. The molecule has 6 nitrogen and oxygen atoms in total. The van der Waals surface area contributed by atoms with Gasteiger partial charge in [-0.05, 0) is 57.8 Å². The van der Waals surface area contributed by atoms with Crippen molar-refractivity contribution in [2.45, 2.75) is 469 Å². The largest absolute Gasteiger partial charge is 0.466 e. The van der Waals surface area contributed by atoms with Crippen molar-refractivity contribution in [3.8, 4) is 0 Å². The second-order valence-electron chi connectivity index (χ2n) is 27.8. The Hall–Kier alpha value is -1.66. The molecule has 0 fully saturated rings. The average molecular weight is 1230 g/mol. The van der Waals surface area contributed by atoms with E-state index in [-0.39, 0.29) is 18.5 Å². The Morgan fingerprint density at radius 1 is 0.310 bits per heavy atom. The smallest absolute Gasteiger partial charge is 0.305 e. The van der Waals surface area contributed by atoms with Crippen LogP contribution < -0.4 is 5.32 Å². The van der Waals surface area contributed by atoms with E-state index in [1.54, 1.807) is 6.08 Å². The minimum atomic E-state index is -0.841. The lowest BCUT2D eigenvalue weighted by Crippen LogP contribution is -2.45. The fourth-order valence-corrected chi connectivity index (χ4v) is 12.9. The molecule has 0 aromatic rings. The summed E-state index contributed by atoms with van der Waals surface area (Å²) in [5.41, 5.74) is 0. The Balaban J connectivity index is 3.32. The molecule has 0 saturated carbocycles. The summed E-state index contributed by atoms with van der Waals surface area (Å²) in [5.74, 6) is -0.0423. The Bertz CT molecular complexity index is 1360. The van der Waals surface area contributed by atoms with Gasteiger partial charge in [-0.1, -0.05) is 411 Å². The standard InChI is InChI=1S/C81H157NO5/c1-3-5-7-9-11-13-15-17-19-20-40-43-46-49-53-57-61-65-69-73-79(84)78(77-83)82-80(85)74-70-66-62-58-54-50-47-44-41-38-36-34-32-30-28-26-24-22-21-23-25-27-29-31-33-35-37-39-42-45-48-52-56-60-64-68-72-76-87-81(86)75-71-67-63-59-55-51-18-16-14-12-10-8-6-4-2/h16,18,69,73,78-79,83-84H,3-15,17,19-68,70-72,74-77H2,1-2H3,(H,82,85)/b18-16-,73-69+. The first-order valence-electron chi connectivity index (χ1n) is 40.1. The molecule has 3 N–H and O–H groups in total. The van der Waals surface area contributed by atoms with Gasteiger partial charge in [0, 0.05) is 12.8 Å². The maximum Gasteiger partial charge on any atom is 0.305 e. The van der Waals surface area contributed by atoms with Crippen molar-refractivity contribution in [1.82, 2.24) is 5.32 Å². The van der Waals surface area contributed by atoms with Gasteiger partial charge in [-0.25, -0.2) is 0 Å². The topological polar surface area (TPSA) is 95.9 Å². The van der Waals surface area contributed by atoms with Gasteiger partial charge in [0.15, 0.2) is 0 Å². The van der Waals surface area contributed by atoms with E-state index in [1.807, 2.05) is 6.08 Å². The van der Waals surface area contributed by atoms with Gasteiger partial charge in [0.25, 0.3) is 0 Å². The molecule has 0 aliphatic heterocycles. The molecule has 0 bridgehead atoms. The number of allylic oxidation sites excluding steroid dienone is 3. The summed E-state index contributed by atoms with van der Waals surface area (Å²) in [4.78, 5) is 24.6. The molecule has 0 rings (SSSR count). The zero-order chi connectivity index (χ0) is 62.8. The number of aliphatic hydroxyl groups is 2. The first kappa shape index (κ1) is 85.3. The summed E-state index contributed by atoms with van der Waals surface area (Å²) in [6, 6.07) is -0.624. The van der Waals surface area contributed by atoms with Crippen LogP contribution >= 0.6 is 0 Å². The van der Waals surface area contributed by atoms with Crippen LogP contribution in [0.4, 0.5) is 0 Å². The normalized spacial score (nSPS) is 12.6. The zero-order valence-electron chi connectivity index (χ0n) is 59.3. The van der Waals surface area contributed by atoms with E-state index >= 15 is 0 Å². The van der Waals surface area contributed by atoms with Crippen LogP contribution in [0.25, 0.3) is 0 Å². The predicted octanol–water partition coefficient (Wildman–Crippen LogP) is 26.4. The number of hydrogen-bond acceptors (Lipinski definition) is 5. The first-order valence-corrected chi connectivity index (χ1v) is 40.1. The van der Waals surface area contributed by atoms with E-state index in [9.17, 15) is 19.8 Å². The van der Waals surface area contributed by atoms with Crippen LogP contribution in [0.1, 0.15) is 457 Å². The highest BCUT2D eigenvalue weighted by Crippen LogP contribution is 2.20. The van der Waals surface area contributed by atoms with Gasteiger partial charge in [0.1, 0.15) is 0 Å². The third-order valence-corrected chi connectivity index (χ3v) is 19.0. The highest BCUT2D eigenvalue weighted by molar-refractivity contribution is 5.76. The second-order valence-corrected chi connectivity index (χ2v) is 27.8. The van der Waals surface area contributed by atoms with E-state index < -0.39 is 12.1 Å². The number of rotatable bonds is 76. The van der Waals surface area contributed by atoms with Crippen LogP contribution in [0.2, 0.25) is 0 Å². The lowest BCUT2D eigenvalue weighted by molar-refractivity contribution is -0.143. The SMILES string of the molecule is CCCCCCC/C=C\CCCCCCCC(=O)OCCCCCCCCCCCCCCCCCCCCCCCCCCCCCCCCCCCCCCCC(=O)NC(CO)C(O)/C=C/CCCCCCCCCCCCCCCCCCC. The van der Waals surface area contributed by atoms with Gasteiger partial charge in [-0.2, -0.15) is 0 Å². The number of amides is 1. The molecule has 516 valence electrons. The molecular formula is C81H157NO5. The van der Waals surface area contributed by atoms with E-state index in [2.05, 4.69) is 31.3 Å². The predicted molar refractivity (Wildman–Crippen MR) is 384 cm³/mol. The quantitative estimate of drug-likeness (QED) is 0.0320. The lowest BCUT2D eigenvalue weighted by Gasteiger charge is -2.20.